The van der Waals surface area contributed by atoms with Crippen molar-refractivity contribution in [3.8, 4) is 17.0 Å². The van der Waals surface area contributed by atoms with Crippen molar-refractivity contribution in [1.82, 2.24) is 14.7 Å². The molecule has 166 valence electrons. The molecule has 1 fully saturated rings. The number of fused-ring (bicyclic) bond motifs is 4. The van der Waals surface area contributed by atoms with Gasteiger partial charge in [-0.25, -0.2) is 13.2 Å². The van der Waals surface area contributed by atoms with Crippen LogP contribution in [0.2, 0.25) is 0 Å². The van der Waals surface area contributed by atoms with Crippen LogP contribution >= 0.6 is 0 Å². The number of carbonyl (C=O) groups is 1. The van der Waals surface area contributed by atoms with E-state index in [4.69, 9.17) is 4.74 Å². The van der Waals surface area contributed by atoms with Crippen LogP contribution in [0.4, 0.5) is 13.2 Å². The molecule has 8 heteroatoms. The summed E-state index contributed by atoms with van der Waals surface area (Å²) in [5, 5.41) is 4.65. The minimum Gasteiger partial charge on any atom is -0.497 e. The number of amides is 1. The third-order valence-electron chi connectivity index (χ3n) is 6.50. The van der Waals surface area contributed by atoms with Crippen LogP contribution in [0.15, 0.2) is 36.4 Å². The lowest BCUT2D eigenvalue weighted by Crippen LogP contribution is -2.49. The van der Waals surface area contributed by atoms with Gasteiger partial charge in [0.15, 0.2) is 17.5 Å². The molecule has 0 aliphatic carbocycles. The summed E-state index contributed by atoms with van der Waals surface area (Å²) in [6.07, 6.45) is 3.08. The molecule has 1 saturated heterocycles. The van der Waals surface area contributed by atoms with Gasteiger partial charge >= 0.3 is 0 Å². The zero-order chi connectivity index (χ0) is 22.6. The van der Waals surface area contributed by atoms with E-state index < -0.39 is 17.5 Å². The molecule has 5 rings (SSSR count). The smallest absolute Gasteiger partial charge is 0.254 e. The zero-order valence-corrected chi connectivity index (χ0v) is 17.7. The van der Waals surface area contributed by atoms with Gasteiger partial charge in [-0.2, -0.15) is 5.10 Å². The second kappa shape index (κ2) is 7.69. The Labute approximate surface area is 183 Å². The molecule has 2 bridgehead atoms. The third-order valence-corrected chi connectivity index (χ3v) is 6.50. The highest BCUT2D eigenvalue weighted by Crippen LogP contribution is 2.45. The number of hydrogen-bond acceptors (Lipinski definition) is 3. The van der Waals surface area contributed by atoms with Gasteiger partial charge in [-0.05, 0) is 62.1 Å². The number of aryl methyl sites for hydroxylation is 1. The highest BCUT2D eigenvalue weighted by molar-refractivity contribution is 5.95. The highest BCUT2D eigenvalue weighted by atomic mass is 19.2. The summed E-state index contributed by atoms with van der Waals surface area (Å²) < 4.78 is 48.1. The minimum absolute atomic E-state index is 0.0473. The quantitative estimate of drug-likeness (QED) is 0.549. The van der Waals surface area contributed by atoms with Crippen LogP contribution in [-0.4, -0.2) is 33.7 Å². The van der Waals surface area contributed by atoms with Gasteiger partial charge in [-0.3, -0.25) is 9.48 Å². The maximum absolute atomic E-state index is 13.9. The van der Waals surface area contributed by atoms with Crippen molar-refractivity contribution in [3.05, 3.63) is 70.7 Å². The van der Waals surface area contributed by atoms with Crippen LogP contribution in [0.25, 0.3) is 11.3 Å². The number of methoxy groups -OCH3 is 1. The van der Waals surface area contributed by atoms with E-state index in [0.29, 0.717) is 23.4 Å². The van der Waals surface area contributed by atoms with Crippen LogP contribution in [0.5, 0.6) is 5.75 Å². The summed E-state index contributed by atoms with van der Waals surface area (Å²) in [6.45, 7) is 0. The molecule has 2 atom stereocenters. The number of piperidine rings is 1. The fourth-order valence-corrected chi connectivity index (χ4v) is 5.08. The van der Waals surface area contributed by atoms with Crippen molar-refractivity contribution < 1.29 is 22.7 Å². The summed E-state index contributed by atoms with van der Waals surface area (Å²) in [4.78, 5) is 15.3. The fraction of sp³-hybridized carbons (Fsp3) is 0.333. The molecule has 3 aromatic rings. The van der Waals surface area contributed by atoms with Crippen LogP contribution < -0.4 is 4.74 Å². The monoisotopic (exact) mass is 441 g/mol. The van der Waals surface area contributed by atoms with Gasteiger partial charge in [0.1, 0.15) is 5.75 Å². The average molecular weight is 441 g/mol. The summed E-state index contributed by atoms with van der Waals surface area (Å²) >= 11 is 0. The minimum atomic E-state index is -1.49. The molecular formula is C24H22F3N3O2. The molecule has 32 heavy (non-hydrogen) atoms. The van der Waals surface area contributed by atoms with Gasteiger partial charge in [-0.1, -0.05) is 0 Å². The first kappa shape index (κ1) is 20.6. The number of hydrogen-bond donors (Lipinski definition) is 0. The number of rotatable bonds is 3. The Kier molecular flexibility index (Phi) is 4.95. The fourth-order valence-electron chi connectivity index (χ4n) is 5.08. The maximum Gasteiger partial charge on any atom is 0.254 e. The van der Waals surface area contributed by atoms with E-state index >= 15 is 0 Å². The number of halogens is 3. The lowest BCUT2D eigenvalue weighted by molar-refractivity contribution is 0.0392. The summed E-state index contributed by atoms with van der Waals surface area (Å²) in [6, 6.07) is 8.75. The first-order chi connectivity index (χ1) is 15.4. The number of benzene rings is 2. The molecular weight excluding hydrogens is 419 g/mol. The second-order valence-electron chi connectivity index (χ2n) is 8.34. The van der Waals surface area contributed by atoms with Gasteiger partial charge in [0.25, 0.3) is 5.91 Å². The highest BCUT2D eigenvalue weighted by Gasteiger charge is 2.43. The molecule has 0 saturated carbocycles. The Bertz CT molecular complexity index is 1180. The molecule has 0 radical (unpaired) electrons. The zero-order valence-electron chi connectivity index (χ0n) is 17.7. The van der Waals surface area contributed by atoms with Crippen LogP contribution in [0.1, 0.15) is 46.9 Å². The number of nitrogens with zero attached hydrogens (tertiary/aromatic N) is 3. The average Bonchev–Trinajstić information content (AvgIpc) is 3.12. The molecule has 3 heterocycles. The van der Waals surface area contributed by atoms with Gasteiger partial charge < -0.3 is 9.64 Å². The van der Waals surface area contributed by atoms with E-state index in [1.165, 1.54) is 0 Å². The molecule has 1 amide bonds. The normalized spacial score (nSPS) is 19.6. The number of aromatic nitrogens is 2. The van der Waals surface area contributed by atoms with Crippen molar-refractivity contribution in [2.45, 2.75) is 37.8 Å². The second-order valence-corrected chi connectivity index (χ2v) is 8.34. The predicted octanol–water partition coefficient (Wildman–Crippen LogP) is 4.81. The lowest BCUT2D eigenvalue weighted by atomic mass is 9.81. The van der Waals surface area contributed by atoms with E-state index in [1.807, 2.05) is 4.90 Å². The molecule has 1 aromatic heterocycles. The molecule has 5 nitrogen and oxygen atoms in total. The maximum atomic E-state index is 13.9. The number of ether oxygens (including phenoxy) is 1. The van der Waals surface area contributed by atoms with Crippen LogP contribution in [0, 0.1) is 17.5 Å². The van der Waals surface area contributed by atoms with Crippen LogP contribution in [0.3, 0.4) is 0 Å². The topological polar surface area (TPSA) is 47.4 Å². The van der Waals surface area contributed by atoms with Crippen molar-refractivity contribution >= 4 is 5.91 Å². The molecule has 0 N–H and O–H groups in total. The van der Waals surface area contributed by atoms with Crippen LogP contribution in [-0.2, 0) is 13.5 Å². The Hall–Kier alpha value is -3.29. The Morgan fingerprint density at radius 3 is 2.44 bits per heavy atom. The molecule has 2 aliphatic rings. The Balaban J connectivity index is 1.56. The number of carbonyl (C=O) groups excluding carboxylic acids is 1. The summed E-state index contributed by atoms with van der Waals surface area (Å²) in [5.41, 5.74) is 2.98. The Morgan fingerprint density at radius 1 is 1.09 bits per heavy atom. The molecule has 2 aromatic carbocycles. The summed E-state index contributed by atoms with van der Waals surface area (Å²) in [5.74, 6) is -3.35. The van der Waals surface area contributed by atoms with Crippen molar-refractivity contribution in [1.29, 1.82) is 0 Å². The van der Waals surface area contributed by atoms with E-state index in [2.05, 4.69) is 5.10 Å². The standard InChI is InChI=1S/C24H22F3N3O2/c1-29-23(14-10-18(25)21(27)19(26)11-14)17-12-15-4-3-5-20(22(17)28-29)30(15)24(31)13-6-8-16(32-2)9-7-13/h6-11,15,20H,3-5,12H2,1-2H3/t15-,20-/m1/s1. The van der Waals surface area contributed by atoms with E-state index in [1.54, 1.807) is 43.1 Å². The van der Waals surface area contributed by atoms with Gasteiger partial charge in [0, 0.05) is 29.8 Å². The van der Waals surface area contributed by atoms with Gasteiger partial charge in [-0.15, -0.1) is 0 Å². The lowest BCUT2D eigenvalue weighted by Gasteiger charge is -2.45. The van der Waals surface area contributed by atoms with Crippen molar-refractivity contribution in [3.63, 3.8) is 0 Å². The van der Waals surface area contributed by atoms with E-state index in [0.717, 1.165) is 42.7 Å². The molecule has 0 spiro atoms. The largest absolute Gasteiger partial charge is 0.497 e. The molecule has 0 unspecified atom stereocenters. The SMILES string of the molecule is COc1ccc(C(=O)N2[C@@H]3CCC[C@@H]2c2nn(C)c(-c4cc(F)c(F)c(F)c4)c2C3)cc1. The van der Waals surface area contributed by atoms with Gasteiger partial charge in [0.2, 0.25) is 0 Å². The first-order valence-electron chi connectivity index (χ1n) is 10.6. The molecule has 2 aliphatic heterocycles. The predicted molar refractivity (Wildman–Crippen MR) is 112 cm³/mol. The first-order valence-corrected chi connectivity index (χ1v) is 10.6. The van der Waals surface area contributed by atoms with Crippen molar-refractivity contribution in [2.75, 3.05) is 7.11 Å². The van der Waals surface area contributed by atoms with Gasteiger partial charge in [0.05, 0.1) is 24.5 Å². The third kappa shape index (κ3) is 3.16. The van der Waals surface area contributed by atoms with E-state index in [9.17, 15) is 18.0 Å². The summed E-state index contributed by atoms with van der Waals surface area (Å²) in [7, 11) is 3.28. The van der Waals surface area contributed by atoms with Crippen molar-refractivity contribution in [2.24, 2.45) is 7.05 Å². The van der Waals surface area contributed by atoms with E-state index in [-0.39, 0.29) is 23.6 Å². The Morgan fingerprint density at radius 2 is 1.78 bits per heavy atom.